The quantitative estimate of drug-likeness (QED) is 0.748. The van der Waals surface area contributed by atoms with Gasteiger partial charge in [0.05, 0.1) is 7.11 Å². The van der Waals surface area contributed by atoms with E-state index in [0.29, 0.717) is 24.5 Å². The molecule has 1 N–H and O–H groups in total. The molecule has 5 nitrogen and oxygen atoms in total. The highest BCUT2D eigenvalue weighted by molar-refractivity contribution is 6.09. The van der Waals surface area contributed by atoms with Gasteiger partial charge >= 0.3 is 0 Å². The van der Waals surface area contributed by atoms with E-state index in [9.17, 15) is 9.59 Å². The number of methoxy groups -OCH3 is 1. The summed E-state index contributed by atoms with van der Waals surface area (Å²) in [6.07, 6.45) is 1.75. The van der Waals surface area contributed by atoms with Gasteiger partial charge in [-0.15, -0.1) is 0 Å². The summed E-state index contributed by atoms with van der Waals surface area (Å²) in [5.74, 6) is 0.208. The number of nitrogens with zero attached hydrogens (tertiary/aromatic N) is 1. The maximum absolute atomic E-state index is 12.7. The number of anilines is 1. The fraction of sp³-hybridized carbons (Fsp3) is 0.556. The molecule has 1 rings (SSSR count). The SMILES string of the molecule is CCCN(CCC)C(=O)C(C)(C)C(=O)Nc1cccc(OC)c1. The average molecular weight is 320 g/mol. The summed E-state index contributed by atoms with van der Waals surface area (Å²) in [5, 5.41) is 2.81. The average Bonchev–Trinajstić information content (AvgIpc) is 2.54. The Morgan fingerprint density at radius 3 is 2.30 bits per heavy atom. The molecule has 0 aliphatic rings. The summed E-state index contributed by atoms with van der Waals surface area (Å²) in [4.78, 5) is 27.1. The molecule has 0 aromatic heterocycles. The highest BCUT2D eigenvalue weighted by Crippen LogP contribution is 2.24. The predicted molar refractivity (Wildman–Crippen MR) is 92.6 cm³/mol. The van der Waals surface area contributed by atoms with Crippen LogP contribution in [0.3, 0.4) is 0 Å². The summed E-state index contributed by atoms with van der Waals surface area (Å²) in [7, 11) is 1.57. The number of carbonyl (C=O) groups is 2. The Balaban J connectivity index is 2.87. The van der Waals surface area contributed by atoms with E-state index in [1.54, 1.807) is 50.1 Å². The van der Waals surface area contributed by atoms with Crippen molar-refractivity contribution in [1.29, 1.82) is 0 Å². The molecule has 0 fully saturated rings. The third-order valence-electron chi connectivity index (χ3n) is 3.70. The van der Waals surface area contributed by atoms with E-state index >= 15 is 0 Å². The number of amides is 2. The van der Waals surface area contributed by atoms with E-state index in [0.717, 1.165) is 12.8 Å². The van der Waals surface area contributed by atoms with Crippen molar-refractivity contribution in [1.82, 2.24) is 4.90 Å². The Morgan fingerprint density at radius 2 is 1.78 bits per heavy atom. The Kier molecular flexibility index (Phi) is 7.07. The minimum Gasteiger partial charge on any atom is -0.497 e. The van der Waals surface area contributed by atoms with E-state index in [4.69, 9.17) is 4.74 Å². The number of nitrogens with one attached hydrogen (secondary N) is 1. The van der Waals surface area contributed by atoms with Crippen LogP contribution in [0.2, 0.25) is 0 Å². The molecule has 0 bridgehead atoms. The Hall–Kier alpha value is -2.04. The van der Waals surface area contributed by atoms with Gasteiger partial charge in [0.1, 0.15) is 11.2 Å². The highest BCUT2D eigenvalue weighted by atomic mass is 16.5. The second kappa shape index (κ2) is 8.56. The molecule has 0 heterocycles. The number of benzene rings is 1. The van der Waals surface area contributed by atoms with E-state index < -0.39 is 5.41 Å². The van der Waals surface area contributed by atoms with Crippen LogP contribution in [-0.2, 0) is 9.59 Å². The third-order valence-corrected chi connectivity index (χ3v) is 3.70. The van der Waals surface area contributed by atoms with Gasteiger partial charge in [0.25, 0.3) is 0 Å². The van der Waals surface area contributed by atoms with Crippen molar-refractivity contribution >= 4 is 17.5 Å². The maximum Gasteiger partial charge on any atom is 0.239 e. The summed E-state index contributed by atoms with van der Waals surface area (Å²) in [6, 6.07) is 7.10. The molecule has 0 atom stereocenters. The smallest absolute Gasteiger partial charge is 0.239 e. The van der Waals surface area contributed by atoms with Crippen LogP contribution in [0.5, 0.6) is 5.75 Å². The van der Waals surface area contributed by atoms with Crippen molar-refractivity contribution in [3.63, 3.8) is 0 Å². The second-order valence-corrected chi connectivity index (χ2v) is 6.10. The number of ether oxygens (including phenoxy) is 1. The summed E-state index contributed by atoms with van der Waals surface area (Å²) in [6.45, 7) is 8.73. The summed E-state index contributed by atoms with van der Waals surface area (Å²) < 4.78 is 5.15. The minimum absolute atomic E-state index is 0.137. The third kappa shape index (κ3) is 4.98. The standard InChI is InChI=1S/C18H28N2O3/c1-6-11-20(12-7-2)17(22)18(3,4)16(21)19-14-9-8-10-15(13-14)23-5/h8-10,13H,6-7,11-12H2,1-5H3,(H,19,21). The van der Waals surface area contributed by atoms with Crippen LogP contribution >= 0.6 is 0 Å². The molecule has 0 saturated carbocycles. The molecular formula is C18H28N2O3. The van der Waals surface area contributed by atoms with Gasteiger partial charge in [-0.2, -0.15) is 0 Å². The van der Waals surface area contributed by atoms with Crippen molar-refractivity contribution < 1.29 is 14.3 Å². The highest BCUT2D eigenvalue weighted by Gasteiger charge is 2.38. The molecule has 0 saturated heterocycles. The summed E-state index contributed by atoms with van der Waals surface area (Å²) in [5.41, 5.74) is -0.499. The molecule has 0 radical (unpaired) electrons. The van der Waals surface area contributed by atoms with Crippen LogP contribution in [-0.4, -0.2) is 36.9 Å². The van der Waals surface area contributed by atoms with Crippen molar-refractivity contribution in [2.24, 2.45) is 5.41 Å². The number of hydrogen-bond acceptors (Lipinski definition) is 3. The van der Waals surface area contributed by atoms with Gasteiger partial charge in [0.2, 0.25) is 11.8 Å². The molecule has 23 heavy (non-hydrogen) atoms. The first-order chi connectivity index (χ1) is 10.9. The molecule has 0 spiro atoms. The molecule has 2 amide bonds. The van der Waals surface area contributed by atoms with Gasteiger partial charge in [-0.3, -0.25) is 9.59 Å². The maximum atomic E-state index is 12.7. The molecular weight excluding hydrogens is 292 g/mol. The first-order valence-corrected chi connectivity index (χ1v) is 8.11. The van der Waals surface area contributed by atoms with Crippen molar-refractivity contribution in [3.8, 4) is 5.75 Å². The Morgan fingerprint density at radius 1 is 1.17 bits per heavy atom. The number of rotatable bonds is 8. The van der Waals surface area contributed by atoms with Gasteiger partial charge in [0.15, 0.2) is 0 Å². The predicted octanol–water partition coefficient (Wildman–Crippen LogP) is 3.31. The first kappa shape index (κ1) is 19.0. The second-order valence-electron chi connectivity index (χ2n) is 6.10. The van der Waals surface area contributed by atoms with Crippen molar-refractivity contribution in [2.45, 2.75) is 40.5 Å². The van der Waals surface area contributed by atoms with Crippen molar-refractivity contribution in [3.05, 3.63) is 24.3 Å². The van der Waals surface area contributed by atoms with Gasteiger partial charge in [-0.05, 0) is 38.8 Å². The lowest BCUT2D eigenvalue weighted by Crippen LogP contribution is -2.47. The van der Waals surface area contributed by atoms with Gasteiger partial charge < -0.3 is 15.0 Å². The summed E-state index contributed by atoms with van der Waals surface area (Å²) >= 11 is 0. The van der Waals surface area contributed by atoms with E-state index in [-0.39, 0.29) is 11.8 Å². The van der Waals surface area contributed by atoms with E-state index in [1.807, 2.05) is 13.8 Å². The largest absolute Gasteiger partial charge is 0.497 e. The first-order valence-electron chi connectivity index (χ1n) is 8.11. The normalized spacial score (nSPS) is 11.0. The number of carbonyl (C=O) groups excluding carboxylic acids is 2. The van der Waals surface area contributed by atoms with E-state index in [1.165, 1.54) is 0 Å². The molecule has 5 heteroatoms. The lowest BCUT2D eigenvalue weighted by molar-refractivity contribution is -0.146. The van der Waals surface area contributed by atoms with Crippen LogP contribution < -0.4 is 10.1 Å². The van der Waals surface area contributed by atoms with Crippen LogP contribution in [0.4, 0.5) is 5.69 Å². The van der Waals surface area contributed by atoms with Crippen LogP contribution in [0.25, 0.3) is 0 Å². The molecule has 128 valence electrons. The Bertz CT molecular complexity index is 535. The molecule has 1 aromatic carbocycles. The topological polar surface area (TPSA) is 58.6 Å². The van der Waals surface area contributed by atoms with Gasteiger partial charge in [0, 0.05) is 24.8 Å². The number of hydrogen-bond donors (Lipinski definition) is 1. The Labute approximate surface area is 139 Å². The lowest BCUT2D eigenvalue weighted by Gasteiger charge is -2.30. The zero-order valence-corrected chi connectivity index (χ0v) is 14.8. The fourth-order valence-corrected chi connectivity index (χ4v) is 2.34. The van der Waals surface area contributed by atoms with E-state index in [2.05, 4.69) is 5.32 Å². The molecule has 0 unspecified atom stereocenters. The van der Waals surface area contributed by atoms with Crippen molar-refractivity contribution in [2.75, 3.05) is 25.5 Å². The monoisotopic (exact) mass is 320 g/mol. The zero-order chi connectivity index (χ0) is 17.5. The molecule has 1 aromatic rings. The van der Waals surface area contributed by atoms with Gasteiger partial charge in [-0.25, -0.2) is 0 Å². The zero-order valence-electron chi connectivity index (χ0n) is 14.8. The van der Waals surface area contributed by atoms with Gasteiger partial charge in [-0.1, -0.05) is 19.9 Å². The lowest BCUT2D eigenvalue weighted by atomic mass is 9.90. The van der Waals surface area contributed by atoms with Crippen LogP contribution in [0.15, 0.2) is 24.3 Å². The fourth-order valence-electron chi connectivity index (χ4n) is 2.34. The van der Waals surface area contributed by atoms with Crippen LogP contribution in [0.1, 0.15) is 40.5 Å². The molecule has 0 aliphatic heterocycles. The van der Waals surface area contributed by atoms with Crippen LogP contribution in [0, 0.1) is 5.41 Å². The molecule has 0 aliphatic carbocycles. The minimum atomic E-state index is -1.12.